The van der Waals surface area contributed by atoms with Crippen molar-refractivity contribution < 1.29 is 4.92 Å². The van der Waals surface area contributed by atoms with Crippen molar-refractivity contribution in [3.63, 3.8) is 0 Å². The summed E-state index contributed by atoms with van der Waals surface area (Å²) in [6.45, 7) is 4.66. The average Bonchev–Trinajstić information content (AvgIpc) is 2.91. The number of anilines is 2. The molecule has 0 aliphatic rings. The molecule has 2 rings (SSSR count). The lowest BCUT2D eigenvalue weighted by atomic mass is 10.2. The van der Waals surface area contributed by atoms with Crippen molar-refractivity contribution in [2.24, 2.45) is 0 Å². The Labute approximate surface area is 127 Å². The Hall–Kier alpha value is -2.15. The van der Waals surface area contributed by atoms with Gasteiger partial charge in [-0.25, -0.2) is 4.98 Å². The zero-order valence-corrected chi connectivity index (χ0v) is 12.8. The third-order valence-corrected chi connectivity index (χ3v) is 3.80. The van der Waals surface area contributed by atoms with Crippen LogP contribution in [0.4, 0.5) is 17.3 Å². The highest BCUT2D eigenvalue weighted by molar-refractivity contribution is 7.09. The van der Waals surface area contributed by atoms with Crippen molar-refractivity contribution in [3.05, 3.63) is 44.6 Å². The summed E-state index contributed by atoms with van der Waals surface area (Å²) >= 11 is 1.68. The Bertz CT molecular complexity index is 601. The number of nitrogens with zero attached hydrogens (tertiary/aromatic N) is 2. The maximum absolute atomic E-state index is 11.1. The predicted molar refractivity (Wildman–Crippen MR) is 86.2 cm³/mol. The number of nitrogens with one attached hydrogen (secondary N) is 2. The normalized spacial score (nSPS) is 11.9. The van der Waals surface area contributed by atoms with Gasteiger partial charge in [-0.2, -0.15) is 0 Å². The molecule has 2 aromatic rings. The summed E-state index contributed by atoms with van der Waals surface area (Å²) in [7, 11) is 0. The maximum Gasteiger partial charge on any atom is 0.311 e. The number of nitro groups is 1. The van der Waals surface area contributed by atoms with Crippen LogP contribution in [-0.4, -0.2) is 22.5 Å². The van der Waals surface area contributed by atoms with Crippen molar-refractivity contribution in [2.45, 2.75) is 26.3 Å². The van der Waals surface area contributed by atoms with Crippen LogP contribution in [0.1, 0.15) is 18.7 Å². The molecule has 2 heterocycles. The van der Waals surface area contributed by atoms with E-state index in [0.717, 1.165) is 13.0 Å². The molecule has 7 heteroatoms. The Morgan fingerprint density at radius 1 is 1.43 bits per heavy atom. The summed E-state index contributed by atoms with van der Waals surface area (Å²) < 4.78 is 0. The first-order chi connectivity index (χ1) is 10.1. The van der Waals surface area contributed by atoms with Crippen LogP contribution < -0.4 is 10.6 Å². The van der Waals surface area contributed by atoms with Crippen molar-refractivity contribution in [3.8, 4) is 0 Å². The van der Waals surface area contributed by atoms with Crippen LogP contribution in [0.3, 0.4) is 0 Å². The van der Waals surface area contributed by atoms with E-state index in [-0.39, 0.29) is 11.7 Å². The van der Waals surface area contributed by atoms with Crippen molar-refractivity contribution in [1.82, 2.24) is 4.98 Å². The smallest absolute Gasteiger partial charge is 0.311 e. The van der Waals surface area contributed by atoms with Gasteiger partial charge in [-0.15, -0.1) is 11.3 Å². The number of hydrogen-bond acceptors (Lipinski definition) is 6. The molecule has 0 saturated carbocycles. The van der Waals surface area contributed by atoms with E-state index in [2.05, 4.69) is 21.7 Å². The van der Waals surface area contributed by atoms with E-state index in [1.54, 1.807) is 17.4 Å². The van der Waals surface area contributed by atoms with E-state index in [4.69, 9.17) is 0 Å². The van der Waals surface area contributed by atoms with E-state index in [9.17, 15) is 10.1 Å². The molecule has 2 aromatic heterocycles. The lowest BCUT2D eigenvalue weighted by Gasteiger charge is -2.14. The quantitative estimate of drug-likeness (QED) is 0.604. The Balaban J connectivity index is 2.15. The summed E-state index contributed by atoms with van der Waals surface area (Å²) in [6, 6.07) is 7.22. The minimum absolute atomic E-state index is 0.00492. The molecule has 0 bridgehead atoms. The third kappa shape index (κ3) is 4.16. The Kier molecular flexibility index (Phi) is 5.10. The first-order valence-electron chi connectivity index (χ1n) is 6.78. The van der Waals surface area contributed by atoms with Gasteiger partial charge in [0.05, 0.1) is 4.92 Å². The standard InChI is InChI=1S/C14H18N4O2S/c1-3-15-13-7-6-12(18(19)20)14(17-13)16-10(2)9-11-5-4-8-21-11/h4-8,10H,3,9H2,1-2H3,(H2,15,16,17). The highest BCUT2D eigenvalue weighted by atomic mass is 32.1. The number of pyridine rings is 1. The lowest BCUT2D eigenvalue weighted by Crippen LogP contribution is -2.19. The summed E-state index contributed by atoms with van der Waals surface area (Å²) in [5, 5.41) is 19.3. The molecule has 0 aromatic carbocycles. The first-order valence-corrected chi connectivity index (χ1v) is 7.66. The number of thiophene rings is 1. The van der Waals surface area contributed by atoms with Crippen LogP contribution >= 0.6 is 11.3 Å². The SMILES string of the molecule is CCNc1ccc([N+](=O)[O-])c(NC(C)Cc2cccs2)n1. The minimum atomic E-state index is -0.414. The van der Waals surface area contributed by atoms with Gasteiger partial charge in [0.2, 0.25) is 5.82 Å². The zero-order valence-electron chi connectivity index (χ0n) is 12.0. The Morgan fingerprint density at radius 3 is 2.86 bits per heavy atom. The zero-order chi connectivity index (χ0) is 15.2. The molecule has 0 saturated heterocycles. The van der Waals surface area contributed by atoms with E-state index >= 15 is 0 Å². The van der Waals surface area contributed by atoms with E-state index in [1.807, 2.05) is 25.3 Å². The first kappa shape index (κ1) is 15.2. The van der Waals surface area contributed by atoms with E-state index in [1.165, 1.54) is 10.9 Å². The molecule has 0 spiro atoms. The molecule has 0 radical (unpaired) electrons. The van der Waals surface area contributed by atoms with Gasteiger partial charge in [0.1, 0.15) is 5.82 Å². The van der Waals surface area contributed by atoms with Gasteiger partial charge in [-0.3, -0.25) is 10.1 Å². The summed E-state index contributed by atoms with van der Waals surface area (Å²) in [4.78, 5) is 16.2. The molecule has 112 valence electrons. The van der Waals surface area contributed by atoms with Gasteiger partial charge >= 0.3 is 5.69 Å². The van der Waals surface area contributed by atoms with Crippen molar-refractivity contribution in [1.29, 1.82) is 0 Å². The van der Waals surface area contributed by atoms with E-state index in [0.29, 0.717) is 11.6 Å². The van der Waals surface area contributed by atoms with Gasteiger partial charge in [0.15, 0.2) is 0 Å². The highest BCUT2D eigenvalue weighted by Crippen LogP contribution is 2.25. The second-order valence-electron chi connectivity index (χ2n) is 4.68. The van der Waals surface area contributed by atoms with Crippen LogP contribution in [0.25, 0.3) is 0 Å². The largest absolute Gasteiger partial charge is 0.370 e. The van der Waals surface area contributed by atoms with Crippen LogP contribution in [0.5, 0.6) is 0 Å². The van der Waals surface area contributed by atoms with Crippen LogP contribution in [0.15, 0.2) is 29.6 Å². The molecule has 0 fully saturated rings. The molecule has 6 nitrogen and oxygen atoms in total. The van der Waals surface area contributed by atoms with Crippen LogP contribution in [-0.2, 0) is 6.42 Å². The van der Waals surface area contributed by atoms with Gasteiger partial charge < -0.3 is 10.6 Å². The second-order valence-corrected chi connectivity index (χ2v) is 5.71. The lowest BCUT2D eigenvalue weighted by molar-refractivity contribution is -0.384. The highest BCUT2D eigenvalue weighted by Gasteiger charge is 2.18. The van der Waals surface area contributed by atoms with Crippen LogP contribution in [0.2, 0.25) is 0 Å². The third-order valence-electron chi connectivity index (χ3n) is 2.90. The fourth-order valence-corrected chi connectivity index (χ4v) is 2.84. The fraction of sp³-hybridized carbons (Fsp3) is 0.357. The molecule has 0 amide bonds. The number of aromatic nitrogens is 1. The van der Waals surface area contributed by atoms with Gasteiger partial charge in [-0.1, -0.05) is 6.07 Å². The summed E-state index contributed by atoms with van der Waals surface area (Å²) in [5.41, 5.74) is -0.00492. The average molecular weight is 306 g/mol. The topological polar surface area (TPSA) is 80.1 Å². The number of hydrogen-bond donors (Lipinski definition) is 2. The molecule has 2 N–H and O–H groups in total. The fourth-order valence-electron chi connectivity index (χ4n) is 2.00. The van der Waals surface area contributed by atoms with Crippen molar-refractivity contribution in [2.75, 3.05) is 17.2 Å². The summed E-state index contributed by atoms with van der Waals surface area (Å²) in [5.74, 6) is 0.941. The molecular formula is C14H18N4O2S. The second kappa shape index (κ2) is 7.03. The molecule has 1 unspecified atom stereocenters. The van der Waals surface area contributed by atoms with Gasteiger partial charge in [0, 0.05) is 30.0 Å². The van der Waals surface area contributed by atoms with E-state index < -0.39 is 4.92 Å². The Morgan fingerprint density at radius 2 is 2.24 bits per heavy atom. The van der Waals surface area contributed by atoms with Gasteiger partial charge in [-0.05, 0) is 31.4 Å². The minimum Gasteiger partial charge on any atom is -0.370 e. The molecule has 0 aliphatic heterocycles. The van der Waals surface area contributed by atoms with Gasteiger partial charge in [0.25, 0.3) is 0 Å². The molecule has 1 atom stereocenters. The molecular weight excluding hydrogens is 288 g/mol. The maximum atomic E-state index is 11.1. The molecule has 0 aliphatic carbocycles. The van der Waals surface area contributed by atoms with Crippen molar-refractivity contribution >= 4 is 28.7 Å². The number of rotatable bonds is 7. The predicted octanol–water partition coefficient (Wildman–Crippen LogP) is 3.53. The van der Waals surface area contributed by atoms with Crippen LogP contribution in [0, 0.1) is 10.1 Å². The molecule has 21 heavy (non-hydrogen) atoms. The summed E-state index contributed by atoms with van der Waals surface area (Å²) in [6.07, 6.45) is 0.807. The monoisotopic (exact) mass is 306 g/mol.